The van der Waals surface area contributed by atoms with Crippen LogP contribution in [0, 0.1) is 0 Å². The smallest absolute Gasteiger partial charge is 0.300 e. The quantitative estimate of drug-likeness (QED) is 0.624. The van der Waals surface area contributed by atoms with Gasteiger partial charge in [0.2, 0.25) is 0 Å². The molecular formula is C19H26N4O5. The SMILES string of the molecule is CC(=O)O.COc1cc(C(=O)NCc2cncn2C2CC2)ccc1OCCN. The lowest BCUT2D eigenvalue weighted by Crippen LogP contribution is -2.24. The molecule has 1 aliphatic carbocycles. The number of hydrogen-bond acceptors (Lipinski definition) is 6. The minimum Gasteiger partial charge on any atom is -0.493 e. The minimum absolute atomic E-state index is 0.165. The van der Waals surface area contributed by atoms with Crippen LogP contribution >= 0.6 is 0 Å². The molecule has 9 heteroatoms. The largest absolute Gasteiger partial charge is 0.493 e. The van der Waals surface area contributed by atoms with Crippen LogP contribution in [0.5, 0.6) is 11.5 Å². The highest BCUT2D eigenvalue weighted by atomic mass is 16.5. The van der Waals surface area contributed by atoms with E-state index in [1.54, 1.807) is 31.5 Å². The number of hydrogen-bond donors (Lipinski definition) is 3. The highest BCUT2D eigenvalue weighted by molar-refractivity contribution is 5.94. The van der Waals surface area contributed by atoms with E-state index < -0.39 is 5.97 Å². The Morgan fingerprint density at radius 3 is 2.68 bits per heavy atom. The van der Waals surface area contributed by atoms with E-state index in [0.29, 0.717) is 42.8 Å². The van der Waals surface area contributed by atoms with E-state index in [1.165, 1.54) is 12.8 Å². The van der Waals surface area contributed by atoms with Crippen LogP contribution in [0.3, 0.4) is 0 Å². The molecule has 1 saturated carbocycles. The molecule has 1 aromatic heterocycles. The first-order valence-corrected chi connectivity index (χ1v) is 8.95. The number of rotatable bonds is 8. The van der Waals surface area contributed by atoms with Gasteiger partial charge in [-0.05, 0) is 31.0 Å². The molecule has 0 unspecified atom stereocenters. The Hall–Kier alpha value is -3.07. The molecule has 1 amide bonds. The molecule has 1 aliphatic rings. The molecule has 2 aromatic rings. The van der Waals surface area contributed by atoms with Gasteiger partial charge in [-0.25, -0.2) is 4.98 Å². The molecule has 1 heterocycles. The normalized spacial score (nSPS) is 12.5. The number of aliphatic carboxylic acids is 1. The Bertz CT molecular complexity index is 797. The van der Waals surface area contributed by atoms with Gasteiger partial charge in [0, 0.05) is 31.3 Å². The fourth-order valence-electron chi connectivity index (χ4n) is 2.52. The molecule has 1 fully saturated rings. The molecule has 152 valence electrons. The van der Waals surface area contributed by atoms with Crippen LogP contribution in [0.25, 0.3) is 0 Å². The van der Waals surface area contributed by atoms with Gasteiger partial charge >= 0.3 is 0 Å². The standard InChI is InChI=1S/C17H22N4O3.C2H4O2/c1-23-16-8-12(2-5-15(16)24-7-6-18)17(22)20-10-14-9-19-11-21(14)13-3-4-13;1-2(3)4/h2,5,8-9,11,13H,3-4,6-7,10,18H2,1H3,(H,20,22);1H3,(H,3,4). The molecule has 4 N–H and O–H groups in total. The third-order valence-corrected chi connectivity index (χ3v) is 3.92. The Morgan fingerprint density at radius 2 is 2.07 bits per heavy atom. The number of carbonyl (C=O) groups is 2. The van der Waals surface area contributed by atoms with E-state index in [1.807, 2.05) is 6.33 Å². The van der Waals surface area contributed by atoms with Crippen molar-refractivity contribution in [3.8, 4) is 11.5 Å². The molecule has 0 aliphatic heterocycles. The number of carbonyl (C=O) groups excluding carboxylic acids is 1. The van der Waals surface area contributed by atoms with E-state index in [-0.39, 0.29) is 5.91 Å². The molecule has 0 radical (unpaired) electrons. The zero-order chi connectivity index (χ0) is 20.5. The monoisotopic (exact) mass is 390 g/mol. The first kappa shape index (κ1) is 21.2. The van der Waals surface area contributed by atoms with Gasteiger partial charge in [0.1, 0.15) is 6.61 Å². The molecule has 0 bridgehead atoms. The molecule has 0 atom stereocenters. The molecule has 3 rings (SSSR count). The van der Waals surface area contributed by atoms with E-state index in [0.717, 1.165) is 12.6 Å². The van der Waals surface area contributed by atoms with Gasteiger partial charge < -0.3 is 30.2 Å². The van der Waals surface area contributed by atoms with E-state index in [9.17, 15) is 4.79 Å². The first-order chi connectivity index (χ1) is 13.5. The fraction of sp³-hybridized carbons (Fsp3) is 0.421. The van der Waals surface area contributed by atoms with Crippen LogP contribution in [-0.4, -0.2) is 46.8 Å². The maximum atomic E-state index is 12.4. The van der Waals surface area contributed by atoms with Gasteiger partial charge in [-0.1, -0.05) is 0 Å². The minimum atomic E-state index is -0.833. The van der Waals surface area contributed by atoms with Crippen molar-refractivity contribution >= 4 is 11.9 Å². The van der Waals surface area contributed by atoms with Gasteiger partial charge in [0.25, 0.3) is 11.9 Å². The predicted molar refractivity (Wildman–Crippen MR) is 103 cm³/mol. The number of aromatic nitrogens is 2. The third-order valence-electron chi connectivity index (χ3n) is 3.92. The second-order valence-electron chi connectivity index (χ2n) is 6.23. The van der Waals surface area contributed by atoms with Gasteiger partial charge in [-0.15, -0.1) is 0 Å². The fourth-order valence-corrected chi connectivity index (χ4v) is 2.52. The highest BCUT2D eigenvalue weighted by Gasteiger charge is 2.25. The summed E-state index contributed by atoms with van der Waals surface area (Å²) in [7, 11) is 1.54. The van der Waals surface area contributed by atoms with Crippen LogP contribution in [0.4, 0.5) is 0 Å². The summed E-state index contributed by atoms with van der Waals surface area (Å²) in [5.74, 6) is 0.0904. The van der Waals surface area contributed by atoms with Crippen molar-refractivity contribution in [3.63, 3.8) is 0 Å². The second-order valence-corrected chi connectivity index (χ2v) is 6.23. The van der Waals surface area contributed by atoms with Gasteiger partial charge in [-0.2, -0.15) is 0 Å². The molecular weight excluding hydrogens is 364 g/mol. The summed E-state index contributed by atoms with van der Waals surface area (Å²) in [5.41, 5.74) is 6.97. The van der Waals surface area contributed by atoms with Crippen molar-refractivity contribution in [2.24, 2.45) is 5.73 Å². The summed E-state index contributed by atoms with van der Waals surface area (Å²) in [6.07, 6.45) is 5.98. The Morgan fingerprint density at radius 1 is 1.36 bits per heavy atom. The summed E-state index contributed by atoms with van der Waals surface area (Å²) in [6, 6.07) is 5.64. The highest BCUT2D eigenvalue weighted by Crippen LogP contribution is 2.35. The Balaban J connectivity index is 0.000000640. The van der Waals surface area contributed by atoms with Gasteiger partial charge in [-0.3, -0.25) is 9.59 Å². The number of nitrogens with two attached hydrogens (primary N) is 1. The topological polar surface area (TPSA) is 129 Å². The van der Waals surface area contributed by atoms with E-state index in [4.69, 9.17) is 25.1 Å². The van der Waals surface area contributed by atoms with Crippen LogP contribution < -0.4 is 20.5 Å². The number of amides is 1. The maximum Gasteiger partial charge on any atom is 0.300 e. The van der Waals surface area contributed by atoms with Gasteiger partial charge in [0.05, 0.1) is 25.7 Å². The second kappa shape index (κ2) is 10.3. The number of benzene rings is 1. The average molecular weight is 390 g/mol. The lowest BCUT2D eigenvalue weighted by atomic mass is 10.2. The van der Waals surface area contributed by atoms with Crippen molar-refractivity contribution < 1.29 is 24.2 Å². The van der Waals surface area contributed by atoms with Crippen molar-refractivity contribution in [1.82, 2.24) is 14.9 Å². The summed E-state index contributed by atoms with van der Waals surface area (Å²) < 4.78 is 12.9. The number of methoxy groups -OCH3 is 1. The Labute approximate surface area is 163 Å². The molecule has 0 saturated heterocycles. The van der Waals surface area contributed by atoms with Gasteiger partial charge in [0.15, 0.2) is 11.5 Å². The van der Waals surface area contributed by atoms with Crippen LogP contribution in [0.2, 0.25) is 0 Å². The zero-order valence-electron chi connectivity index (χ0n) is 16.1. The Kier molecular flexibility index (Phi) is 7.82. The number of carboxylic acid groups (broad SMARTS) is 1. The van der Waals surface area contributed by atoms with Crippen molar-refractivity contribution in [2.45, 2.75) is 32.4 Å². The van der Waals surface area contributed by atoms with Crippen molar-refractivity contribution in [3.05, 3.63) is 42.0 Å². The van der Waals surface area contributed by atoms with Crippen molar-refractivity contribution in [2.75, 3.05) is 20.3 Å². The lowest BCUT2D eigenvalue weighted by molar-refractivity contribution is -0.134. The van der Waals surface area contributed by atoms with E-state index in [2.05, 4.69) is 14.9 Å². The van der Waals surface area contributed by atoms with Crippen molar-refractivity contribution in [1.29, 1.82) is 0 Å². The first-order valence-electron chi connectivity index (χ1n) is 8.95. The molecule has 1 aromatic carbocycles. The summed E-state index contributed by atoms with van der Waals surface area (Å²) >= 11 is 0. The van der Waals surface area contributed by atoms with Crippen LogP contribution in [-0.2, 0) is 11.3 Å². The van der Waals surface area contributed by atoms with E-state index >= 15 is 0 Å². The molecule has 0 spiro atoms. The number of nitrogens with one attached hydrogen (secondary N) is 1. The summed E-state index contributed by atoms with van der Waals surface area (Å²) in [5, 5.41) is 10.3. The summed E-state index contributed by atoms with van der Waals surface area (Å²) in [4.78, 5) is 25.5. The molecule has 28 heavy (non-hydrogen) atoms. The predicted octanol–water partition coefficient (Wildman–Crippen LogP) is 1.58. The number of carboxylic acids is 1. The number of nitrogens with zero attached hydrogens (tertiary/aromatic N) is 2. The number of imidazole rings is 1. The average Bonchev–Trinajstić information content (AvgIpc) is 3.41. The van der Waals surface area contributed by atoms with Crippen LogP contribution in [0.1, 0.15) is 41.9 Å². The van der Waals surface area contributed by atoms with Crippen LogP contribution in [0.15, 0.2) is 30.7 Å². The zero-order valence-corrected chi connectivity index (χ0v) is 16.1. The third kappa shape index (κ3) is 6.27. The number of ether oxygens (including phenoxy) is 2. The maximum absolute atomic E-state index is 12.4. The summed E-state index contributed by atoms with van der Waals surface area (Å²) in [6.45, 7) is 2.34. The lowest BCUT2D eigenvalue weighted by Gasteiger charge is -2.12. The molecule has 9 nitrogen and oxygen atoms in total.